The van der Waals surface area contributed by atoms with Crippen LogP contribution in [-0.4, -0.2) is 31.6 Å². The standard InChI is InChI=1S/C18H30N4O.HI/c1-19-18(21-12-6-5-10-15-8-3-4-9-15)22-14-16-11-7-13-20-17(16)23-2;/h7,11,13,15H,3-6,8-10,12,14H2,1-2H3,(H2,19,21,22);1H. The molecule has 6 heteroatoms. The number of ether oxygens (including phenoxy) is 1. The topological polar surface area (TPSA) is 58.5 Å². The van der Waals surface area contributed by atoms with E-state index in [1.54, 1.807) is 20.4 Å². The molecule has 2 N–H and O–H groups in total. The Morgan fingerprint density at radius 1 is 1.29 bits per heavy atom. The molecule has 1 aliphatic rings. The Balaban J connectivity index is 0.00000288. The molecule has 1 saturated carbocycles. The molecule has 0 aromatic carbocycles. The number of halogens is 1. The second-order valence-corrected chi connectivity index (χ2v) is 6.17. The number of nitrogens with one attached hydrogen (secondary N) is 2. The molecule has 24 heavy (non-hydrogen) atoms. The molecular weight excluding hydrogens is 415 g/mol. The maximum atomic E-state index is 5.26. The smallest absolute Gasteiger partial charge is 0.218 e. The quantitative estimate of drug-likeness (QED) is 0.277. The van der Waals surface area contributed by atoms with Gasteiger partial charge in [0.25, 0.3) is 0 Å². The monoisotopic (exact) mass is 446 g/mol. The van der Waals surface area contributed by atoms with Gasteiger partial charge in [-0.15, -0.1) is 24.0 Å². The van der Waals surface area contributed by atoms with Gasteiger partial charge in [-0.1, -0.05) is 44.6 Å². The molecule has 2 rings (SSSR count). The Bertz CT molecular complexity index is 490. The van der Waals surface area contributed by atoms with Crippen molar-refractivity contribution >= 4 is 29.9 Å². The van der Waals surface area contributed by atoms with E-state index in [4.69, 9.17) is 4.74 Å². The van der Waals surface area contributed by atoms with Crippen LogP contribution < -0.4 is 15.4 Å². The molecule has 0 bridgehead atoms. The van der Waals surface area contributed by atoms with Crippen molar-refractivity contribution < 1.29 is 4.74 Å². The highest BCUT2D eigenvalue weighted by Gasteiger charge is 2.13. The van der Waals surface area contributed by atoms with E-state index < -0.39 is 0 Å². The average molecular weight is 446 g/mol. The minimum Gasteiger partial charge on any atom is -0.481 e. The van der Waals surface area contributed by atoms with Gasteiger partial charge in [0.15, 0.2) is 5.96 Å². The first-order valence-corrected chi connectivity index (χ1v) is 8.76. The molecule has 1 aliphatic carbocycles. The van der Waals surface area contributed by atoms with E-state index in [-0.39, 0.29) is 24.0 Å². The number of hydrogen-bond acceptors (Lipinski definition) is 3. The summed E-state index contributed by atoms with van der Waals surface area (Å²) in [6, 6.07) is 3.92. The van der Waals surface area contributed by atoms with E-state index in [2.05, 4.69) is 20.6 Å². The van der Waals surface area contributed by atoms with Crippen molar-refractivity contribution in [3.05, 3.63) is 23.9 Å². The molecule has 0 saturated heterocycles. The number of aromatic nitrogens is 1. The molecule has 0 unspecified atom stereocenters. The third kappa shape index (κ3) is 7.23. The van der Waals surface area contributed by atoms with Gasteiger partial charge in [-0.25, -0.2) is 4.98 Å². The van der Waals surface area contributed by atoms with Gasteiger partial charge in [0.1, 0.15) is 0 Å². The average Bonchev–Trinajstić information content (AvgIpc) is 3.11. The Morgan fingerprint density at radius 2 is 2.08 bits per heavy atom. The summed E-state index contributed by atoms with van der Waals surface area (Å²) >= 11 is 0. The Labute approximate surface area is 163 Å². The van der Waals surface area contributed by atoms with Crippen LogP contribution in [0.4, 0.5) is 0 Å². The number of guanidine groups is 1. The molecule has 5 nitrogen and oxygen atoms in total. The predicted molar refractivity (Wildman–Crippen MR) is 110 cm³/mol. The number of aliphatic imine (C=N–C) groups is 1. The van der Waals surface area contributed by atoms with Gasteiger partial charge < -0.3 is 15.4 Å². The van der Waals surface area contributed by atoms with E-state index in [0.29, 0.717) is 12.4 Å². The maximum absolute atomic E-state index is 5.26. The number of methoxy groups -OCH3 is 1. The van der Waals surface area contributed by atoms with Gasteiger partial charge in [0.2, 0.25) is 5.88 Å². The zero-order valence-electron chi connectivity index (χ0n) is 14.9. The molecular formula is C18H31IN4O. The molecule has 1 heterocycles. The number of unbranched alkanes of at least 4 members (excludes halogenated alkanes) is 1. The Kier molecular flexibility index (Phi) is 10.8. The number of hydrogen-bond donors (Lipinski definition) is 2. The predicted octanol–water partition coefficient (Wildman–Crippen LogP) is 3.73. The first kappa shape index (κ1) is 21.0. The fourth-order valence-corrected chi connectivity index (χ4v) is 3.21. The van der Waals surface area contributed by atoms with Crippen molar-refractivity contribution in [3.63, 3.8) is 0 Å². The third-order valence-corrected chi connectivity index (χ3v) is 4.52. The molecule has 0 aliphatic heterocycles. The van der Waals surface area contributed by atoms with E-state index in [1.807, 2.05) is 12.1 Å². The summed E-state index contributed by atoms with van der Waals surface area (Å²) in [5.74, 6) is 2.48. The number of pyridine rings is 1. The van der Waals surface area contributed by atoms with Gasteiger partial charge in [0.05, 0.1) is 7.11 Å². The first-order chi connectivity index (χ1) is 11.3. The minimum absolute atomic E-state index is 0. The second kappa shape index (κ2) is 12.3. The number of nitrogens with zero attached hydrogens (tertiary/aromatic N) is 2. The SMILES string of the molecule is CN=C(NCCCCC1CCCC1)NCc1cccnc1OC.I. The summed E-state index contributed by atoms with van der Waals surface area (Å²) in [5.41, 5.74) is 1.03. The van der Waals surface area contributed by atoms with Gasteiger partial charge >= 0.3 is 0 Å². The lowest BCUT2D eigenvalue weighted by atomic mass is 10.0. The van der Waals surface area contributed by atoms with Crippen molar-refractivity contribution in [2.24, 2.45) is 10.9 Å². The molecule has 0 spiro atoms. The summed E-state index contributed by atoms with van der Waals surface area (Å²) in [6.07, 6.45) is 11.4. The van der Waals surface area contributed by atoms with Crippen LogP contribution >= 0.6 is 24.0 Å². The van der Waals surface area contributed by atoms with Gasteiger partial charge in [0, 0.05) is 31.9 Å². The van der Waals surface area contributed by atoms with Crippen molar-refractivity contribution in [1.82, 2.24) is 15.6 Å². The van der Waals surface area contributed by atoms with Crippen LogP contribution in [0.1, 0.15) is 50.5 Å². The van der Waals surface area contributed by atoms with Crippen molar-refractivity contribution in [3.8, 4) is 5.88 Å². The fraction of sp³-hybridized carbons (Fsp3) is 0.667. The zero-order chi connectivity index (χ0) is 16.3. The van der Waals surface area contributed by atoms with E-state index in [1.165, 1.54) is 44.9 Å². The van der Waals surface area contributed by atoms with Gasteiger partial charge in [-0.3, -0.25) is 4.99 Å². The van der Waals surface area contributed by atoms with Crippen LogP contribution in [0.2, 0.25) is 0 Å². The van der Waals surface area contributed by atoms with E-state index >= 15 is 0 Å². The normalized spacial score (nSPS) is 15.0. The highest BCUT2D eigenvalue weighted by atomic mass is 127. The molecule has 0 atom stereocenters. The lowest BCUT2D eigenvalue weighted by Gasteiger charge is -2.13. The van der Waals surface area contributed by atoms with Gasteiger partial charge in [-0.2, -0.15) is 0 Å². The maximum Gasteiger partial charge on any atom is 0.218 e. The highest BCUT2D eigenvalue weighted by molar-refractivity contribution is 14.0. The Hall–Kier alpha value is -1.05. The molecule has 0 radical (unpaired) electrons. The van der Waals surface area contributed by atoms with Crippen molar-refractivity contribution in [2.75, 3.05) is 20.7 Å². The van der Waals surface area contributed by atoms with Crippen molar-refractivity contribution in [1.29, 1.82) is 0 Å². The van der Waals surface area contributed by atoms with Crippen LogP contribution in [0.25, 0.3) is 0 Å². The van der Waals surface area contributed by atoms with Gasteiger partial charge in [-0.05, 0) is 18.4 Å². The van der Waals surface area contributed by atoms with Crippen LogP contribution in [-0.2, 0) is 6.54 Å². The lowest BCUT2D eigenvalue weighted by molar-refractivity contribution is 0.392. The van der Waals surface area contributed by atoms with Crippen LogP contribution in [0, 0.1) is 5.92 Å². The Morgan fingerprint density at radius 3 is 2.79 bits per heavy atom. The fourth-order valence-electron chi connectivity index (χ4n) is 3.21. The summed E-state index contributed by atoms with van der Waals surface area (Å²) in [5, 5.41) is 6.69. The first-order valence-electron chi connectivity index (χ1n) is 8.76. The third-order valence-electron chi connectivity index (χ3n) is 4.52. The molecule has 1 aromatic heterocycles. The summed E-state index contributed by atoms with van der Waals surface area (Å²) in [7, 11) is 3.44. The molecule has 136 valence electrons. The summed E-state index contributed by atoms with van der Waals surface area (Å²) < 4.78 is 5.26. The van der Waals surface area contributed by atoms with Crippen molar-refractivity contribution in [2.45, 2.75) is 51.5 Å². The summed E-state index contributed by atoms with van der Waals surface area (Å²) in [6.45, 7) is 1.62. The van der Waals surface area contributed by atoms with Crippen LogP contribution in [0.15, 0.2) is 23.3 Å². The second-order valence-electron chi connectivity index (χ2n) is 6.17. The molecule has 1 fully saturated rings. The lowest BCUT2D eigenvalue weighted by Crippen LogP contribution is -2.37. The minimum atomic E-state index is 0. The molecule has 0 amide bonds. The van der Waals surface area contributed by atoms with Crippen LogP contribution in [0.5, 0.6) is 5.88 Å². The highest BCUT2D eigenvalue weighted by Crippen LogP contribution is 2.28. The largest absolute Gasteiger partial charge is 0.481 e. The summed E-state index contributed by atoms with van der Waals surface area (Å²) in [4.78, 5) is 8.47. The zero-order valence-corrected chi connectivity index (χ0v) is 17.2. The van der Waals surface area contributed by atoms with E-state index in [9.17, 15) is 0 Å². The van der Waals surface area contributed by atoms with Crippen LogP contribution in [0.3, 0.4) is 0 Å². The van der Waals surface area contributed by atoms with E-state index in [0.717, 1.165) is 24.0 Å². The number of rotatable bonds is 8. The molecule has 1 aromatic rings.